The lowest BCUT2D eigenvalue weighted by Gasteiger charge is -2.22. The van der Waals surface area contributed by atoms with Crippen LogP contribution in [0.2, 0.25) is 0 Å². The molecule has 1 aromatic carbocycles. The normalized spacial score (nSPS) is 22.2. The van der Waals surface area contributed by atoms with Crippen molar-refractivity contribution in [2.24, 2.45) is 0 Å². The third-order valence-electron chi connectivity index (χ3n) is 2.90. The van der Waals surface area contributed by atoms with Crippen LogP contribution in [0.25, 0.3) is 0 Å². The van der Waals surface area contributed by atoms with Gasteiger partial charge in [0, 0.05) is 18.9 Å². The summed E-state index contributed by atoms with van der Waals surface area (Å²) in [5.74, 6) is 2.51. The van der Waals surface area contributed by atoms with Crippen molar-refractivity contribution in [2.45, 2.75) is 18.5 Å². The van der Waals surface area contributed by atoms with Gasteiger partial charge in [-0.3, -0.25) is 0 Å². The lowest BCUT2D eigenvalue weighted by Crippen LogP contribution is -2.35. The van der Waals surface area contributed by atoms with Crippen LogP contribution in [0.15, 0.2) is 30.3 Å². The molecule has 2 rings (SSSR count). The molecule has 88 valence electrons. The van der Waals surface area contributed by atoms with E-state index < -0.39 is 0 Å². The molecule has 1 fully saturated rings. The summed E-state index contributed by atoms with van der Waals surface area (Å²) in [7, 11) is 1.76. The minimum absolute atomic E-state index is 0.329. The number of hydrogen-bond acceptors (Lipinski definition) is 3. The summed E-state index contributed by atoms with van der Waals surface area (Å²) in [4.78, 5) is 0. The lowest BCUT2D eigenvalue weighted by atomic mass is 10.1. The van der Waals surface area contributed by atoms with Gasteiger partial charge in [-0.05, 0) is 17.7 Å². The molecule has 2 nitrogen and oxygen atoms in total. The fraction of sp³-hybridized carbons (Fsp3) is 0.538. The number of methoxy groups -OCH3 is 1. The third kappa shape index (κ3) is 3.24. The molecule has 1 heterocycles. The Bertz CT molecular complexity index is 298. The molecule has 1 aliphatic rings. The van der Waals surface area contributed by atoms with Crippen LogP contribution in [0.3, 0.4) is 0 Å². The Labute approximate surface area is 102 Å². The van der Waals surface area contributed by atoms with Crippen molar-refractivity contribution in [2.75, 3.05) is 25.2 Å². The van der Waals surface area contributed by atoms with E-state index in [0.29, 0.717) is 12.1 Å². The highest BCUT2D eigenvalue weighted by atomic mass is 32.2. The smallest absolute Gasteiger partial charge is 0.0657 e. The van der Waals surface area contributed by atoms with E-state index in [4.69, 9.17) is 4.74 Å². The molecule has 0 aromatic heterocycles. The number of nitrogens with one attached hydrogen (secondary N) is 1. The monoisotopic (exact) mass is 237 g/mol. The minimum atomic E-state index is 0.329. The highest BCUT2D eigenvalue weighted by molar-refractivity contribution is 7.99. The highest BCUT2D eigenvalue weighted by Gasteiger charge is 2.20. The maximum Gasteiger partial charge on any atom is 0.0657 e. The van der Waals surface area contributed by atoms with E-state index in [2.05, 4.69) is 35.6 Å². The first-order valence-corrected chi connectivity index (χ1v) is 6.93. The fourth-order valence-electron chi connectivity index (χ4n) is 2.04. The number of thioether (sulfide) groups is 1. The van der Waals surface area contributed by atoms with Crippen LogP contribution in [-0.4, -0.2) is 31.3 Å². The zero-order valence-electron chi connectivity index (χ0n) is 9.69. The SMILES string of the molecule is COCC(NC1CCSC1)c1ccccc1. The Balaban J connectivity index is 1.99. The Morgan fingerprint density at radius 2 is 2.25 bits per heavy atom. The van der Waals surface area contributed by atoms with Gasteiger partial charge in [-0.1, -0.05) is 30.3 Å². The summed E-state index contributed by atoms with van der Waals surface area (Å²) in [6.45, 7) is 0.741. The second-order valence-corrected chi connectivity index (χ2v) is 5.30. The molecule has 0 bridgehead atoms. The Kier molecular flexibility index (Phi) is 4.69. The van der Waals surface area contributed by atoms with Crippen LogP contribution in [0.4, 0.5) is 0 Å². The molecule has 0 aliphatic carbocycles. The highest BCUT2D eigenvalue weighted by Crippen LogP contribution is 2.21. The van der Waals surface area contributed by atoms with Crippen molar-refractivity contribution < 1.29 is 4.74 Å². The summed E-state index contributed by atoms with van der Waals surface area (Å²) < 4.78 is 5.30. The van der Waals surface area contributed by atoms with Crippen molar-refractivity contribution in [1.29, 1.82) is 0 Å². The lowest BCUT2D eigenvalue weighted by molar-refractivity contribution is 0.162. The molecule has 1 N–H and O–H groups in total. The molecule has 1 aromatic rings. The summed E-state index contributed by atoms with van der Waals surface area (Å²) in [6, 6.07) is 11.5. The first-order chi connectivity index (χ1) is 7.90. The van der Waals surface area contributed by atoms with Gasteiger partial charge in [-0.25, -0.2) is 0 Å². The number of hydrogen-bond donors (Lipinski definition) is 1. The standard InChI is InChI=1S/C13H19NOS/c1-15-9-13(11-5-3-2-4-6-11)14-12-7-8-16-10-12/h2-6,12-14H,7-10H2,1H3. The predicted octanol–water partition coefficient (Wildman–Crippen LogP) is 2.47. The van der Waals surface area contributed by atoms with Crippen LogP contribution in [0, 0.1) is 0 Å². The van der Waals surface area contributed by atoms with E-state index in [-0.39, 0.29) is 0 Å². The van der Waals surface area contributed by atoms with Crippen LogP contribution in [0.5, 0.6) is 0 Å². The molecule has 1 aliphatic heterocycles. The average Bonchev–Trinajstić information content (AvgIpc) is 2.83. The van der Waals surface area contributed by atoms with Crippen molar-refractivity contribution in [3.8, 4) is 0 Å². The van der Waals surface area contributed by atoms with Crippen molar-refractivity contribution >= 4 is 11.8 Å². The van der Waals surface area contributed by atoms with E-state index in [1.807, 2.05) is 11.8 Å². The van der Waals surface area contributed by atoms with Gasteiger partial charge in [0.05, 0.1) is 12.6 Å². The zero-order chi connectivity index (χ0) is 11.2. The second-order valence-electron chi connectivity index (χ2n) is 4.15. The van der Waals surface area contributed by atoms with Gasteiger partial charge in [0.2, 0.25) is 0 Å². The summed E-state index contributed by atoms with van der Waals surface area (Å²) in [5, 5.41) is 3.69. The van der Waals surface area contributed by atoms with Gasteiger partial charge >= 0.3 is 0 Å². The molecule has 0 saturated carbocycles. The van der Waals surface area contributed by atoms with Crippen LogP contribution in [0.1, 0.15) is 18.0 Å². The largest absolute Gasteiger partial charge is 0.383 e. The summed E-state index contributed by atoms with van der Waals surface area (Å²) in [5.41, 5.74) is 1.32. The van der Waals surface area contributed by atoms with E-state index in [0.717, 1.165) is 6.61 Å². The number of benzene rings is 1. The molecule has 0 spiro atoms. The van der Waals surface area contributed by atoms with Gasteiger partial charge in [0.25, 0.3) is 0 Å². The Morgan fingerprint density at radius 1 is 1.44 bits per heavy atom. The topological polar surface area (TPSA) is 21.3 Å². The molecule has 3 heteroatoms. The van der Waals surface area contributed by atoms with E-state index in [9.17, 15) is 0 Å². The summed E-state index contributed by atoms with van der Waals surface area (Å²) in [6.07, 6.45) is 1.28. The molecular weight excluding hydrogens is 218 g/mol. The van der Waals surface area contributed by atoms with E-state index in [1.165, 1.54) is 23.5 Å². The summed E-state index contributed by atoms with van der Waals surface area (Å²) >= 11 is 2.03. The molecule has 1 saturated heterocycles. The van der Waals surface area contributed by atoms with Gasteiger partial charge in [0.1, 0.15) is 0 Å². The number of ether oxygens (including phenoxy) is 1. The molecule has 0 amide bonds. The Morgan fingerprint density at radius 3 is 2.88 bits per heavy atom. The van der Waals surface area contributed by atoms with Crippen molar-refractivity contribution in [3.63, 3.8) is 0 Å². The first kappa shape index (κ1) is 12.0. The number of rotatable bonds is 5. The maximum atomic E-state index is 5.30. The van der Waals surface area contributed by atoms with Gasteiger partial charge in [0.15, 0.2) is 0 Å². The Hall–Kier alpha value is -0.510. The van der Waals surface area contributed by atoms with Crippen molar-refractivity contribution in [3.05, 3.63) is 35.9 Å². The van der Waals surface area contributed by atoms with Crippen LogP contribution >= 0.6 is 11.8 Å². The predicted molar refractivity (Wildman–Crippen MR) is 69.9 cm³/mol. The van der Waals surface area contributed by atoms with Crippen LogP contribution < -0.4 is 5.32 Å². The molecule has 0 radical (unpaired) electrons. The van der Waals surface area contributed by atoms with Crippen LogP contribution in [-0.2, 0) is 4.74 Å². The minimum Gasteiger partial charge on any atom is -0.383 e. The van der Waals surface area contributed by atoms with Gasteiger partial charge in [-0.2, -0.15) is 11.8 Å². The fourth-order valence-corrected chi connectivity index (χ4v) is 3.21. The van der Waals surface area contributed by atoms with Gasteiger partial charge in [-0.15, -0.1) is 0 Å². The quantitative estimate of drug-likeness (QED) is 0.850. The molecular formula is C13H19NOS. The maximum absolute atomic E-state index is 5.30. The van der Waals surface area contributed by atoms with Crippen molar-refractivity contribution in [1.82, 2.24) is 5.32 Å². The third-order valence-corrected chi connectivity index (χ3v) is 4.06. The van der Waals surface area contributed by atoms with E-state index >= 15 is 0 Å². The molecule has 16 heavy (non-hydrogen) atoms. The van der Waals surface area contributed by atoms with E-state index in [1.54, 1.807) is 7.11 Å². The second kappa shape index (κ2) is 6.28. The molecule has 2 atom stereocenters. The van der Waals surface area contributed by atoms with Gasteiger partial charge < -0.3 is 10.1 Å². The first-order valence-electron chi connectivity index (χ1n) is 5.78. The average molecular weight is 237 g/mol. The molecule has 2 unspecified atom stereocenters. The zero-order valence-corrected chi connectivity index (χ0v) is 10.5.